The third-order valence-corrected chi connectivity index (χ3v) is 3.72. The highest BCUT2D eigenvalue weighted by Gasteiger charge is 2.13. The number of anilines is 2. The van der Waals surface area contributed by atoms with Crippen molar-refractivity contribution >= 4 is 32.9 Å². The second kappa shape index (κ2) is 4.47. The number of nitrogens with two attached hydrogens (primary N) is 1. The Morgan fingerprint density at radius 2 is 2.26 bits per heavy atom. The van der Waals surface area contributed by atoms with Gasteiger partial charge in [-0.3, -0.25) is 0 Å². The van der Waals surface area contributed by atoms with Gasteiger partial charge in [0.15, 0.2) is 5.82 Å². The number of nitrogens with zero attached hydrogens (tertiary/aromatic N) is 4. The predicted octanol–water partition coefficient (Wildman–Crippen LogP) is 1.87. The van der Waals surface area contributed by atoms with E-state index in [0.29, 0.717) is 11.5 Å². The molecule has 0 saturated carbocycles. The molecule has 8 heteroatoms. The van der Waals surface area contributed by atoms with Crippen molar-refractivity contribution in [3.8, 4) is 0 Å². The molecule has 1 unspecified atom stereocenters. The van der Waals surface area contributed by atoms with Crippen LogP contribution in [0, 0.1) is 6.92 Å². The molecule has 0 bridgehead atoms. The van der Waals surface area contributed by atoms with Crippen molar-refractivity contribution in [2.45, 2.75) is 19.9 Å². The summed E-state index contributed by atoms with van der Waals surface area (Å²) in [6.07, 6.45) is 0. The largest absolute Gasteiger partial charge is 0.397 e. The van der Waals surface area contributed by atoms with Crippen LogP contribution in [-0.4, -0.2) is 25.6 Å². The van der Waals surface area contributed by atoms with Gasteiger partial charge >= 0.3 is 0 Å². The van der Waals surface area contributed by atoms with Gasteiger partial charge in [0.05, 0.1) is 32.6 Å². The highest BCUT2D eigenvalue weighted by Crippen LogP contribution is 2.31. The topological polar surface area (TPSA) is 105 Å². The minimum atomic E-state index is -0.0850. The van der Waals surface area contributed by atoms with Gasteiger partial charge in [0.25, 0.3) is 0 Å². The molecule has 19 heavy (non-hydrogen) atoms. The van der Waals surface area contributed by atoms with Crippen molar-refractivity contribution in [2.75, 3.05) is 11.1 Å². The monoisotopic (exact) mass is 275 g/mol. The fourth-order valence-corrected chi connectivity index (χ4v) is 2.74. The predicted molar refractivity (Wildman–Crippen MR) is 75.0 cm³/mol. The molecule has 0 aliphatic rings. The number of hydrogen-bond donors (Lipinski definition) is 3. The summed E-state index contributed by atoms with van der Waals surface area (Å²) in [6.45, 7) is 3.93. The highest BCUT2D eigenvalue weighted by molar-refractivity contribution is 7.18. The number of thiazole rings is 1. The number of fused-ring (bicyclic) bond motifs is 1. The Morgan fingerprint density at radius 3 is 3.00 bits per heavy atom. The van der Waals surface area contributed by atoms with Crippen molar-refractivity contribution in [3.05, 3.63) is 23.0 Å². The van der Waals surface area contributed by atoms with Crippen molar-refractivity contribution in [2.24, 2.45) is 0 Å². The molecule has 0 aliphatic carbocycles. The van der Waals surface area contributed by atoms with Crippen molar-refractivity contribution < 1.29 is 0 Å². The lowest BCUT2D eigenvalue weighted by Crippen LogP contribution is -2.10. The smallest absolute Gasteiger partial charge is 0.196 e. The Bertz CT molecular complexity index is 703. The molecule has 0 aliphatic heterocycles. The lowest BCUT2D eigenvalue weighted by molar-refractivity contribution is 0.794. The summed E-state index contributed by atoms with van der Waals surface area (Å²) in [6, 6.07) is 3.80. The van der Waals surface area contributed by atoms with E-state index >= 15 is 0 Å². The van der Waals surface area contributed by atoms with Crippen LogP contribution in [0.1, 0.15) is 23.8 Å². The first-order chi connectivity index (χ1) is 9.13. The molecule has 0 spiro atoms. The van der Waals surface area contributed by atoms with Crippen LogP contribution in [-0.2, 0) is 0 Å². The minimum Gasteiger partial charge on any atom is -0.397 e. The molecular weight excluding hydrogens is 262 g/mol. The Hall–Kier alpha value is -2.22. The van der Waals surface area contributed by atoms with Crippen LogP contribution in [0.3, 0.4) is 0 Å². The number of benzene rings is 1. The summed E-state index contributed by atoms with van der Waals surface area (Å²) in [5, 5.41) is 18.2. The first kappa shape index (κ1) is 11.8. The number of nitrogen functional groups attached to an aromatic ring is 1. The average Bonchev–Trinajstić information content (AvgIpc) is 2.97. The highest BCUT2D eigenvalue weighted by atomic mass is 32.1. The fraction of sp³-hybridized carbons (Fsp3) is 0.273. The maximum absolute atomic E-state index is 6.05. The van der Waals surface area contributed by atoms with E-state index in [2.05, 4.69) is 30.9 Å². The van der Waals surface area contributed by atoms with Crippen LogP contribution < -0.4 is 11.1 Å². The molecule has 3 rings (SSSR count). The molecule has 0 saturated heterocycles. The molecular formula is C11H13N7S. The second-order valence-electron chi connectivity index (χ2n) is 4.28. The summed E-state index contributed by atoms with van der Waals surface area (Å²) in [5.41, 5.74) is 8.51. The van der Waals surface area contributed by atoms with Gasteiger partial charge in [-0.2, -0.15) is 5.21 Å². The zero-order valence-electron chi connectivity index (χ0n) is 10.5. The lowest BCUT2D eigenvalue weighted by Gasteiger charge is -2.13. The van der Waals surface area contributed by atoms with E-state index in [4.69, 9.17) is 5.73 Å². The molecule has 0 fully saturated rings. The molecule has 2 aromatic heterocycles. The zero-order valence-corrected chi connectivity index (χ0v) is 11.3. The van der Waals surface area contributed by atoms with E-state index in [0.717, 1.165) is 20.9 Å². The van der Waals surface area contributed by atoms with Gasteiger partial charge in [0, 0.05) is 0 Å². The first-order valence-electron chi connectivity index (χ1n) is 5.80. The average molecular weight is 275 g/mol. The summed E-state index contributed by atoms with van der Waals surface area (Å²) in [5.74, 6) is 0.592. The molecule has 7 nitrogen and oxygen atoms in total. The summed E-state index contributed by atoms with van der Waals surface area (Å²) in [4.78, 5) is 4.46. The van der Waals surface area contributed by atoms with Gasteiger partial charge < -0.3 is 11.1 Å². The van der Waals surface area contributed by atoms with Gasteiger partial charge in [0.2, 0.25) is 0 Å². The summed E-state index contributed by atoms with van der Waals surface area (Å²) < 4.78 is 1.09. The number of tetrazole rings is 1. The van der Waals surface area contributed by atoms with Gasteiger partial charge in [-0.25, -0.2) is 4.98 Å². The van der Waals surface area contributed by atoms with Gasteiger partial charge in [-0.1, -0.05) is 5.21 Å². The Morgan fingerprint density at radius 1 is 1.42 bits per heavy atom. The number of H-pyrrole nitrogens is 1. The normalized spacial score (nSPS) is 12.7. The molecule has 1 aromatic carbocycles. The Labute approximate surface area is 113 Å². The van der Waals surface area contributed by atoms with Crippen molar-refractivity contribution in [1.82, 2.24) is 25.6 Å². The quantitative estimate of drug-likeness (QED) is 0.630. The molecule has 1 atom stereocenters. The number of rotatable bonds is 3. The van der Waals surface area contributed by atoms with E-state index < -0.39 is 0 Å². The molecule has 98 valence electrons. The number of nitrogens with one attached hydrogen (secondary N) is 2. The summed E-state index contributed by atoms with van der Waals surface area (Å²) >= 11 is 1.63. The van der Waals surface area contributed by atoms with Crippen LogP contribution in [0.15, 0.2) is 12.1 Å². The van der Waals surface area contributed by atoms with E-state index in [1.54, 1.807) is 11.3 Å². The van der Waals surface area contributed by atoms with Crippen molar-refractivity contribution in [3.63, 3.8) is 0 Å². The maximum Gasteiger partial charge on any atom is 0.196 e. The molecule has 2 heterocycles. The maximum atomic E-state index is 6.05. The first-order valence-corrected chi connectivity index (χ1v) is 6.61. The van der Waals surface area contributed by atoms with Crippen molar-refractivity contribution in [1.29, 1.82) is 0 Å². The van der Waals surface area contributed by atoms with Gasteiger partial charge in [-0.05, 0) is 26.0 Å². The van der Waals surface area contributed by atoms with Crippen LogP contribution >= 0.6 is 11.3 Å². The van der Waals surface area contributed by atoms with E-state index in [-0.39, 0.29) is 6.04 Å². The minimum absolute atomic E-state index is 0.0850. The molecule has 4 N–H and O–H groups in total. The second-order valence-corrected chi connectivity index (χ2v) is 5.51. The lowest BCUT2D eigenvalue weighted by atomic mass is 10.2. The van der Waals surface area contributed by atoms with Crippen LogP contribution in [0.5, 0.6) is 0 Å². The van der Waals surface area contributed by atoms with Gasteiger partial charge in [0.1, 0.15) is 0 Å². The number of aromatic amines is 1. The molecule has 0 radical (unpaired) electrons. The van der Waals surface area contributed by atoms with Crippen LogP contribution in [0.4, 0.5) is 11.4 Å². The van der Waals surface area contributed by atoms with Crippen LogP contribution in [0.25, 0.3) is 10.2 Å². The van der Waals surface area contributed by atoms with E-state index in [9.17, 15) is 0 Å². The summed E-state index contributed by atoms with van der Waals surface area (Å²) in [7, 11) is 0. The fourth-order valence-electron chi connectivity index (χ4n) is 1.88. The number of aromatic nitrogens is 5. The zero-order chi connectivity index (χ0) is 13.4. The molecule has 0 amide bonds. The standard InChI is InChI=1S/C11H13N7S/c1-5(11-15-17-18-16-11)13-8-4-9-10(3-7(8)12)19-6(2)14-9/h3-5,13H,12H2,1-2H3,(H,15,16,17,18). The third kappa shape index (κ3) is 2.22. The Balaban J connectivity index is 1.94. The molecule has 3 aromatic rings. The Kier molecular flexibility index (Phi) is 2.79. The number of hydrogen-bond acceptors (Lipinski definition) is 7. The van der Waals surface area contributed by atoms with E-state index in [1.807, 2.05) is 26.0 Å². The van der Waals surface area contributed by atoms with Gasteiger partial charge in [-0.15, -0.1) is 21.5 Å². The van der Waals surface area contributed by atoms with E-state index in [1.165, 1.54) is 0 Å². The SMILES string of the molecule is Cc1nc2cc(NC(C)c3nn[nH]n3)c(N)cc2s1. The third-order valence-electron chi connectivity index (χ3n) is 2.79. The van der Waals surface area contributed by atoms with Crippen LogP contribution in [0.2, 0.25) is 0 Å². The number of aryl methyl sites for hydroxylation is 1.